The van der Waals surface area contributed by atoms with Gasteiger partial charge in [0.15, 0.2) is 5.96 Å². The molecule has 7 nitrogen and oxygen atoms in total. The number of hydrogen-bond donors (Lipinski definition) is 2. The molecule has 0 spiro atoms. The predicted molar refractivity (Wildman–Crippen MR) is 131 cm³/mol. The van der Waals surface area contributed by atoms with Gasteiger partial charge in [-0.2, -0.15) is 4.98 Å². The molecule has 3 heterocycles. The van der Waals surface area contributed by atoms with E-state index in [1.165, 1.54) is 32.1 Å². The van der Waals surface area contributed by atoms with E-state index in [1.54, 1.807) is 0 Å². The van der Waals surface area contributed by atoms with Gasteiger partial charge in [0.1, 0.15) is 0 Å². The monoisotopic (exact) mass is 544 g/mol. The molecule has 2 saturated heterocycles. The molecule has 2 N–H and O–H groups in total. The second kappa shape index (κ2) is 10.8. The first-order valence-corrected chi connectivity index (χ1v) is 10.8. The molecule has 2 atom stereocenters. The fraction of sp³-hybridized carbons (Fsp3) is 0.571. The van der Waals surface area contributed by atoms with E-state index >= 15 is 0 Å². The molecule has 2 fully saturated rings. The quantitative estimate of drug-likeness (QED) is 0.339. The Hall–Kier alpha value is -1.39. The number of benzene rings is 1. The number of rotatable bonds is 5. The molecule has 2 unspecified atom stereocenters. The molecule has 2 bridgehead atoms. The number of halogens is 2. The van der Waals surface area contributed by atoms with Crippen LogP contribution in [0.15, 0.2) is 33.8 Å². The van der Waals surface area contributed by atoms with Crippen molar-refractivity contribution in [1.29, 1.82) is 0 Å². The third-order valence-electron chi connectivity index (χ3n) is 6.11. The van der Waals surface area contributed by atoms with Crippen molar-refractivity contribution in [3.05, 3.63) is 35.2 Å². The summed E-state index contributed by atoms with van der Waals surface area (Å²) in [5.74, 6) is 2.03. The van der Waals surface area contributed by atoms with Gasteiger partial charge < -0.3 is 20.1 Å². The molecule has 0 radical (unpaired) electrons. The third-order valence-corrected chi connectivity index (χ3v) is 6.36. The van der Waals surface area contributed by atoms with Crippen molar-refractivity contribution in [3.63, 3.8) is 0 Å². The summed E-state index contributed by atoms with van der Waals surface area (Å²) < 4.78 is 5.38. The number of nitrogens with zero attached hydrogens (tertiary/aromatic N) is 4. The Morgan fingerprint density at radius 3 is 2.60 bits per heavy atom. The molecule has 1 aromatic carbocycles. The molecule has 9 heteroatoms. The van der Waals surface area contributed by atoms with Gasteiger partial charge in [-0.25, -0.2) is 0 Å². The average Bonchev–Trinajstić information content (AvgIpc) is 3.17. The van der Waals surface area contributed by atoms with Crippen LogP contribution in [-0.4, -0.2) is 59.8 Å². The Labute approximate surface area is 200 Å². The van der Waals surface area contributed by atoms with E-state index in [2.05, 4.69) is 37.7 Å². The van der Waals surface area contributed by atoms with Crippen LogP contribution in [0.25, 0.3) is 11.4 Å². The first-order chi connectivity index (χ1) is 14.1. The number of nitrogens with one attached hydrogen (secondary N) is 2. The van der Waals surface area contributed by atoms with E-state index in [1.807, 2.05) is 31.3 Å². The van der Waals surface area contributed by atoms with Gasteiger partial charge >= 0.3 is 0 Å². The van der Waals surface area contributed by atoms with Crippen molar-refractivity contribution in [3.8, 4) is 11.4 Å². The van der Waals surface area contributed by atoms with Crippen LogP contribution in [0.3, 0.4) is 0 Å². The molecule has 30 heavy (non-hydrogen) atoms. The van der Waals surface area contributed by atoms with Gasteiger partial charge in [0.05, 0.1) is 0 Å². The summed E-state index contributed by atoms with van der Waals surface area (Å²) in [6.45, 7) is 0.682. The Bertz CT molecular complexity index is 828. The highest BCUT2D eigenvalue weighted by molar-refractivity contribution is 14.0. The lowest BCUT2D eigenvalue weighted by Crippen LogP contribution is -2.56. The Morgan fingerprint density at radius 1 is 1.23 bits per heavy atom. The molecule has 2 aliphatic rings. The van der Waals surface area contributed by atoms with Gasteiger partial charge in [0.25, 0.3) is 0 Å². The number of piperidine rings is 2. The van der Waals surface area contributed by atoms with Crippen LogP contribution in [0.4, 0.5) is 0 Å². The fourth-order valence-corrected chi connectivity index (χ4v) is 4.61. The summed E-state index contributed by atoms with van der Waals surface area (Å²) in [5, 5.41) is 11.7. The standard InChI is InChI=1S/C21H29ClN6O.HI/c1-23-21(25-16-12-17-4-3-5-18(13-16)28(17)2)24-11-10-19-26-20(27-29-19)14-6-8-15(22)9-7-14;/h6-9,16-18H,3-5,10-13H2,1-2H3,(H2,23,24,25);1H. The summed E-state index contributed by atoms with van der Waals surface area (Å²) in [7, 11) is 4.09. The van der Waals surface area contributed by atoms with Crippen molar-refractivity contribution in [2.24, 2.45) is 4.99 Å². The van der Waals surface area contributed by atoms with Crippen LogP contribution in [-0.2, 0) is 6.42 Å². The molecule has 1 aromatic heterocycles. The van der Waals surface area contributed by atoms with Crippen molar-refractivity contribution in [2.45, 2.75) is 56.7 Å². The van der Waals surface area contributed by atoms with Gasteiger partial charge in [-0.1, -0.05) is 23.2 Å². The third kappa shape index (κ3) is 5.64. The summed E-state index contributed by atoms with van der Waals surface area (Å²) in [4.78, 5) is 11.4. The average molecular weight is 545 g/mol. The summed E-state index contributed by atoms with van der Waals surface area (Å²) in [6.07, 6.45) is 6.99. The minimum Gasteiger partial charge on any atom is -0.356 e. The van der Waals surface area contributed by atoms with E-state index in [9.17, 15) is 0 Å². The van der Waals surface area contributed by atoms with Crippen molar-refractivity contribution in [1.82, 2.24) is 25.7 Å². The zero-order valence-corrected chi connectivity index (χ0v) is 20.6. The summed E-state index contributed by atoms with van der Waals surface area (Å²) >= 11 is 5.93. The van der Waals surface area contributed by atoms with E-state index in [0.29, 0.717) is 47.8 Å². The number of guanidine groups is 1. The van der Waals surface area contributed by atoms with E-state index in [0.717, 1.165) is 11.5 Å². The zero-order valence-electron chi connectivity index (χ0n) is 17.5. The summed E-state index contributed by atoms with van der Waals surface area (Å²) in [6, 6.07) is 9.29. The van der Waals surface area contributed by atoms with Crippen LogP contribution in [0, 0.1) is 0 Å². The number of fused-ring (bicyclic) bond motifs is 2. The molecular weight excluding hydrogens is 515 g/mol. The van der Waals surface area contributed by atoms with Crippen LogP contribution < -0.4 is 10.6 Å². The van der Waals surface area contributed by atoms with Crippen LogP contribution in [0.2, 0.25) is 5.02 Å². The minimum atomic E-state index is 0. The Morgan fingerprint density at radius 2 is 1.93 bits per heavy atom. The smallest absolute Gasteiger partial charge is 0.228 e. The highest BCUT2D eigenvalue weighted by atomic mass is 127. The van der Waals surface area contributed by atoms with E-state index < -0.39 is 0 Å². The maximum Gasteiger partial charge on any atom is 0.228 e. The molecule has 164 valence electrons. The second-order valence-electron chi connectivity index (χ2n) is 7.98. The van der Waals surface area contributed by atoms with Crippen LogP contribution in [0.5, 0.6) is 0 Å². The molecule has 4 rings (SSSR count). The maximum absolute atomic E-state index is 5.93. The first kappa shape index (κ1) is 23.3. The normalized spacial score (nSPS) is 24.2. The lowest BCUT2D eigenvalue weighted by molar-refractivity contribution is 0.0526. The van der Waals surface area contributed by atoms with Gasteiger partial charge in [-0.15, -0.1) is 24.0 Å². The number of aromatic nitrogens is 2. The molecule has 0 saturated carbocycles. The summed E-state index contributed by atoms with van der Waals surface area (Å²) in [5.41, 5.74) is 0.891. The molecule has 0 aliphatic carbocycles. The zero-order chi connectivity index (χ0) is 20.2. The number of hydrogen-bond acceptors (Lipinski definition) is 5. The lowest BCUT2D eigenvalue weighted by Gasteiger charge is -2.47. The largest absolute Gasteiger partial charge is 0.356 e. The SMILES string of the molecule is CN=C(NCCc1nc(-c2ccc(Cl)cc2)no1)NC1CC2CCCC(C1)N2C.I. The highest BCUT2D eigenvalue weighted by Gasteiger charge is 2.36. The predicted octanol–water partition coefficient (Wildman–Crippen LogP) is 3.73. The fourth-order valence-electron chi connectivity index (χ4n) is 4.48. The first-order valence-electron chi connectivity index (χ1n) is 10.4. The Kier molecular flexibility index (Phi) is 8.35. The molecule has 2 aromatic rings. The minimum absolute atomic E-state index is 0. The molecule has 2 aliphatic heterocycles. The highest BCUT2D eigenvalue weighted by Crippen LogP contribution is 2.32. The second-order valence-corrected chi connectivity index (χ2v) is 8.42. The van der Waals surface area contributed by atoms with Gasteiger partial charge in [0, 0.05) is 48.7 Å². The van der Waals surface area contributed by atoms with Crippen molar-refractivity contribution < 1.29 is 4.52 Å². The molecular formula is C21H30ClIN6O. The van der Waals surface area contributed by atoms with Crippen molar-refractivity contribution in [2.75, 3.05) is 20.6 Å². The Balaban J connectivity index is 0.00000256. The lowest BCUT2D eigenvalue weighted by atomic mass is 9.82. The van der Waals surface area contributed by atoms with Gasteiger partial charge in [0.2, 0.25) is 11.7 Å². The van der Waals surface area contributed by atoms with E-state index in [-0.39, 0.29) is 24.0 Å². The molecule has 0 amide bonds. The van der Waals surface area contributed by atoms with Gasteiger partial charge in [-0.3, -0.25) is 4.99 Å². The van der Waals surface area contributed by atoms with Crippen molar-refractivity contribution >= 4 is 41.5 Å². The van der Waals surface area contributed by atoms with Gasteiger partial charge in [-0.05, 0) is 57.0 Å². The van der Waals surface area contributed by atoms with E-state index in [4.69, 9.17) is 16.1 Å². The van der Waals surface area contributed by atoms with Crippen LogP contribution in [0.1, 0.15) is 38.0 Å². The van der Waals surface area contributed by atoms with Crippen LogP contribution >= 0.6 is 35.6 Å². The topological polar surface area (TPSA) is 78.6 Å². The maximum atomic E-state index is 5.93. The number of aliphatic imine (C=N–C) groups is 1.